The Morgan fingerprint density at radius 2 is 2.38 bits per heavy atom. The van der Waals surface area contributed by atoms with Gasteiger partial charge in [0.2, 0.25) is 0 Å². The number of alkyl halides is 1. The van der Waals surface area contributed by atoms with Gasteiger partial charge < -0.3 is 4.74 Å². The van der Waals surface area contributed by atoms with Gasteiger partial charge in [0.15, 0.2) is 5.69 Å². The summed E-state index contributed by atoms with van der Waals surface area (Å²) in [6.45, 7) is 1.93. The van der Waals surface area contributed by atoms with Crippen LogP contribution in [0.1, 0.15) is 21.6 Å². The Labute approximate surface area is 85.3 Å². The van der Waals surface area contributed by atoms with Crippen LogP contribution >= 0.6 is 15.9 Å². The van der Waals surface area contributed by atoms with Crippen molar-refractivity contribution in [2.24, 2.45) is 0 Å². The normalized spacial score (nSPS) is 9.77. The summed E-state index contributed by atoms with van der Waals surface area (Å²) < 4.78 is 4.60. The molecule has 0 aromatic carbocycles. The SMILES string of the molecule is COC(=O)c1ncc(C)cc1CBr. The number of carbonyl (C=O) groups is 1. The maximum Gasteiger partial charge on any atom is 0.356 e. The highest BCUT2D eigenvalue weighted by atomic mass is 79.9. The molecule has 0 aliphatic heterocycles. The smallest absolute Gasteiger partial charge is 0.356 e. The predicted molar refractivity (Wildman–Crippen MR) is 52.9 cm³/mol. The van der Waals surface area contributed by atoms with Crippen LogP contribution in [0.3, 0.4) is 0 Å². The minimum Gasteiger partial charge on any atom is -0.464 e. The van der Waals surface area contributed by atoms with E-state index >= 15 is 0 Å². The average molecular weight is 244 g/mol. The molecule has 70 valence electrons. The molecule has 0 spiro atoms. The molecular formula is C9H10BrNO2. The van der Waals surface area contributed by atoms with Crippen LogP contribution in [0.15, 0.2) is 12.3 Å². The molecule has 0 radical (unpaired) electrons. The van der Waals surface area contributed by atoms with E-state index in [9.17, 15) is 4.79 Å². The Kier molecular flexibility index (Phi) is 3.42. The highest BCUT2D eigenvalue weighted by Crippen LogP contribution is 2.12. The van der Waals surface area contributed by atoms with Crippen LogP contribution in [0, 0.1) is 6.92 Å². The van der Waals surface area contributed by atoms with E-state index in [2.05, 4.69) is 25.7 Å². The molecule has 1 rings (SSSR count). The van der Waals surface area contributed by atoms with Crippen LogP contribution < -0.4 is 0 Å². The predicted octanol–water partition coefficient (Wildman–Crippen LogP) is 2.07. The molecule has 3 nitrogen and oxygen atoms in total. The van der Waals surface area contributed by atoms with E-state index in [1.165, 1.54) is 7.11 Å². The quantitative estimate of drug-likeness (QED) is 0.590. The summed E-state index contributed by atoms with van der Waals surface area (Å²) in [6, 6.07) is 1.91. The molecule has 0 aliphatic carbocycles. The third-order valence-corrected chi connectivity index (χ3v) is 2.23. The maximum absolute atomic E-state index is 11.2. The Bertz CT molecular complexity index is 325. The van der Waals surface area contributed by atoms with Crippen LogP contribution in [-0.4, -0.2) is 18.1 Å². The van der Waals surface area contributed by atoms with Crippen molar-refractivity contribution >= 4 is 21.9 Å². The van der Waals surface area contributed by atoms with Crippen molar-refractivity contribution in [3.8, 4) is 0 Å². The van der Waals surface area contributed by atoms with E-state index in [-0.39, 0.29) is 0 Å². The lowest BCUT2D eigenvalue weighted by Gasteiger charge is -2.04. The number of carbonyl (C=O) groups excluding carboxylic acids is 1. The number of aromatic nitrogens is 1. The van der Waals surface area contributed by atoms with E-state index in [0.29, 0.717) is 11.0 Å². The number of methoxy groups -OCH3 is 1. The first kappa shape index (κ1) is 10.2. The number of rotatable bonds is 2. The summed E-state index contributed by atoms with van der Waals surface area (Å²) in [7, 11) is 1.35. The second-order valence-electron chi connectivity index (χ2n) is 2.65. The standard InChI is InChI=1S/C9H10BrNO2/c1-6-3-7(4-10)8(11-5-6)9(12)13-2/h3,5H,4H2,1-2H3. The summed E-state index contributed by atoms with van der Waals surface area (Å²) in [4.78, 5) is 15.2. The van der Waals surface area contributed by atoms with Gasteiger partial charge in [0.05, 0.1) is 7.11 Å². The summed E-state index contributed by atoms with van der Waals surface area (Å²) in [5, 5.41) is 0.603. The molecule has 0 bridgehead atoms. The Morgan fingerprint density at radius 3 is 2.92 bits per heavy atom. The van der Waals surface area contributed by atoms with Crippen molar-refractivity contribution in [3.63, 3.8) is 0 Å². The lowest BCUT2D eigenvalue weighted by atomic mass is 10.2. The molecule has 1 aromatic rings. The second kappa shape index (κ2) is 4.37. The first-order valence-electron chi connectivity index (χ1n) is 3.79. The highest BCUT2D eigenvalue weighted by Gasteiger charge is 2.12. The number of hydrogen-bond donors (Lipinski definition) is 0. The van der Waals surface area contributed by atoms with Gasteiger partial charge in [0.1, 0.15) is 0 Å². The van der Waals surface area contributed by atoms with Crippen molar-refractivity contribution in [2.45, 2.75) is 12.3 Å². The first-order valence-corrected chi connectivity index (χ1v) is 4.91. The summed E-state index contributed by atoms with van der Waals surface area (Å²) in [5.41, 5.74) is 2.26. The van der Waals surface area contributed by atoms with Crippen molar-refractivity contribution < 1.29 is 9.53 Å². The maximum atomic E-state index is 11.2. The van der Waals surface area contributed by atoms with Gasteiger partial charge in [-0.3, -0.25) is 0 Å². The van der Waals surface area contributed by atoms with Gasteiger partial charge in [-0.25, -0.2) is 9.78 Å². The zero-order valence-corrected chi connectivity index (χ0v) is 9.09. The van der Waals surface area contributed by atoms with E-state index in [4.69, 9.17) is 0 Å². The number of pyridine rings is 1. The summed E-state index contributed by atoms with van der Waals surface area (Å²) in [5.74, 6) is -0.394. The fourth-order valence-corrected chi connectivity index (χ4v) is 1.44. The zero-order chi connectivity index (χ0) is 9.84. The average Bonchev–Trinajstić information content (AvgIpc) is 2.16. The van der Waals surface area contributed by atoms with Gasteiger partial charge in [-0.15, -0.1) is 0 Å². The van der Waals surface area contributed by atoms with Crippen LogP contribution in [0.25, 0.3) is 0 Å². The lowest BCUT2D eigenvalue weighted by Crippen LogP contribution is -2.07. The van der Waals surface area contributed by atoms with Gasteiger partial charge >= 0.3 is 5.97 Å². The number of nitrogens with zero attached hydrogens (tertiary/aromatic N) is 1. The lowest BCUT2D eigenvalue weighted by molar-refractivity contribution is 0.0593. The van der Waals surface area contributed by atoms with E-state index in [1.54, 1.807) is 6.20 Å². The van der Waals surface area contributed by atoms with Gasteiger partial charge in [0.25, 0.3) is 0 Å². The molecule has 0 aliphatic rings. The number of halogens is 1. The topological polar surface area (TPSA) is 39.2 Å². The van der Waals surface area contributed by atoms with Gasteiger partial charge in [-0.2, -0.15) is 0 Å². The van der Waals surface area contributed by atoms with Gasteiger partial charge in [-0.1, -0.05) is 22.0 Å². The minimum absolute atomic E-state index is 0.380. The number of hydrogen-bond acceptors (Lipinski definition) is 3. The first-order chi connectivity index (χ1) is 6.19. The molecule has 0 saturated carbocycles. The van der Waals surface area contributed by atoms with Crippen molar-refractivity contribution in [1.29, 1.82) is 0 Å². The van der Waals surface area contributed by atoms with Gasteiger partial charge in [-0.05, 0) is 18.1 Å². The molecular weight excluding hydrogens is 234 g/mol. The fourth-order valence-electron chi connectivity index (χ4n) is 1.01. The highest BCUT2D eigenvalue weighted by molar-refractivity contribution is 9.08. The van der Waals surface area contributed by atoms with E-state index in [0.717, 1.165) is 11.1 Å². The third-order valence-electron chi connectivity index (χ3n) is 1.63. The molecule has 0 amide bonds. The van der Waals surface area contributed by atoms with Crippen molar-refractivity contribution in [2.75, 3.05) is 7.11 Å². The van der Waals surface area contributed by atoms with E-state index in [1.807, 2.05) is 13.0 Å². The monoisotopic (exact) mass is 243 g/mol. The van der Waals surface area contributed by atoms with Crippen LogP contribution in [0.2, 0.25) is 0 Å². The Balaban J connectivity index is 3.13. The molecule has 0 N–H and O–H groups in total. The number of esters is 1. The van der Waals surface area contributed by atoms with Crippen LogP contribution in [0.5, 0.6) is 0 Å². The molecule has 1 heterocycles. The molecule has 0 unspecified atom stereocenters. The second-order valence-corrected chi connectivity index (χ2v) is 3.21. The Morgan fingerprint density at radius 1 is 1.69 bits per heavy atom. The molecule has 4 heteroatoms. The molecule has 0 atom stereocenters. The molecule has 1 aromatic heterocycles. The minimum atomic E-state index is -0.394. The van der Waals surface area contributed by atoms with Crippen molar-refractivity contribution in [3.05, 3.63) is 29.1 Å². The van der Waals surface area contributed by atoms with E-state index < -0.39 is 5.97 Å². The number of aryl methyl sites for hydroxylation is 1. The number of ether oxygens (including phenoxy) is 1. The van der Waals surface area contributed by atoms with Crippen molar-refractivity contribution in [1.82, 2.24) is 4.98 Å². The molecule has 0 fully saturated rings. The summed E-state index contributed by atoms with van der Waals surface area (Å²) in [6.07, 6.45) is 1.65. The fraction of sp³-hybridized carbons (Fsp3) is 0.333. The zero-order valence-electron chi connectivity index (χ0n) is 7.50. The van der Waals surface area contributed by atoms with Gasteiger partial charge in [0, 0.05) is 11.5 Å². The largest absolute Gasteiger partial charge is 0.464 e. The van der Waals surface area contributed by atoms with Crippen LogP contribution in [0.4, 0.5) is 0 Å². The molecule has 13 heavy (non-hydrogen) atoms. The summed E-state index contributed by atoms with van der Waals surface area (Å²) >= 11 is 3.29. The molecule has 0 saturated heterocycles. The Hall–Kier alpha value is -0.900. The third kappa shape index (κ3) is 2.28. The van der Waals surface area contributed by atoms with Crippen LogP contribution in [-0.2, 0) is 10.1 Å².